The number of Topliss-reactive ketones (excluding diaryl/α,β-unsaturated/α-hetero) is 1. The first-order valence-electron chi connectivity index (χ1n) is 5.82. The van der Waals surface area contributed by atoms with Crippen LogP contribution in [0.4, 0.5) is 13.2 Å². The topological polar surface area (TPSA) is 26.3 Å². The molecule has 0 atom stereocenters. The summed E-state index contributed by atoms with van der Waals surface area (Å²) in [7, 11) is 1.31. The lowest BCUT2D eigenvalue weighted by molar-refractivity contribution is 0.0991. The molecule has 5 heteroatoms. The number of ketones is 1. The average Bonchev–Trinajstić information content (AvgIpc) is 2.43. The molecule has 2 nitrogen and oxygen atoms in total. The van der Waals surface area contributed by atoms with Gasteiger partial charge < -0.3 is 4.74 Å². The van der Waals surface area contributed by atoms with Crippen molar-refractivity contribution < 1.29 is 22.7 Å². The minimum absolute atomic E-state index is 0.0125. The molecule has 0 aliphatic carbocycles. The molecule has 0 saturated carbocycles. The Hall–Kier alpha value is -2.30. The van der Waals surface area contributed by atoms with Gasteiger partial charge >= 0.3 is 0 Å². The van der Waals surface area contributed by atoms with Crippen molar-refractivity contribution in [3.05, 3.63) is 65.0 Å². The average molecular weight is 280 g/mol. The summed E-state index contributed by atoms with van der Waals surface area (Å²) >= 11 is 0. The van der Waals surface area contributed by atoms with Gasteiger partial charge in [0.2, 0.25) is 0 Å². The fourth-order valence-corrected chi connectivity index (χ4v) is 1.80. The molecule has 0 aromatic heterocycles. The van der Waals surface area contributed by atoms with Crippen LogP contribution < -0.4 is 4.74 Å². The van der Waals surface area contributed by atoms with E-state index in [-0.39, 0.29) is 23.3 Å². The molecule has 0 aliphatic rings. The number of ether oxygens (including phenoxy) is 1. The zero-order chi connectivity index (χ0) is 14.7. The molecule has 104 valence electrons. The Morgan fingerprint density at radius 3 is 2.50 bits per heavy atom. The summed E-state index contributed by atoms with van der Waals surface area (Å²) in [6.45, 7) is 0. The first-order chi connectivity index (χ1) is 9.52. The van der Waals surface area contributed by atoms with Gasteiger partial charge in [0, 0.05) is 12.0 Å². The normalized spacial score (nSPS) is 10.4. The Bertz CT molecular complexity index is 654. The van der Waals surface area contributed by atoms with Gasteiger partial charge in [-0.15, -0.1) is 0 Å². The molecule has 0 N–H and O–H groups in total. The smallest absolute Gasteiger partial charge is 0.167 e. The number of methoxy groups -OCH3 is 1. The maximum atomic E-state index is 13.5. The fraction of sp³-hybridized carbons (Fsp3) is 0.133. The van der Waals surface area contributed by atoms with Crippen LogP contribution in [0.3, 0.4) is 0 Å². The summed E-state index contributed by atoms with van der Waals surface area (Å²) in [5, 5.41) is 0. The quantitative estimate of drug-likeness (QED) is 0.801. The van der Waals surface area contributed by atoms with E-state index in [0.717, 1.165) is 12.1 Å². The van der Waals surface area contributed by atoms with Crippen LogP contribution in [0.1, 0.15) is 15.9 Å². The SMILES string of the molecule is COc1ccc(C(=O)Cc2cccc(F)c2F)cc1F. The molecular formula is C15H11F3O2. The van der Waals surface area contributed by atoms with E-state index in [1.54, 1.807) is 0 Å². The van der Waals surface area contributed by atoms with Crippen molar-refractivity contribution in [1.82, 2.24) is 0 Å². The maximum Gasteiger partial charge on any atom is 0.167 e. The highest BCUT2D eigenvalue weighted by molar-refractivity contribution is 5.97. The lowest BCUT2D eigenvalue weighted by Crippen LogP contribution is -2.07. The van der Waals surface area contributed by atoms with Crippen LogP contribution in [0.25, 0.3) is 0 Å². The highest BCUT2D eigenvalue weighted by atomic mass is 19.2. The van der Waals surface area contributed by atoms with Gasteiger partial charge in [0.05, 0.1) is 7.11 Å². The van der Waals surface area contributed by atoms with E-state index in [4.69, 9.17) is 4.74 Å². The lowest BCUT2D eigenvalue weighted by Gasteiger charge is -2.06. The van der Waals surface area contributed by atoms with Crippen molar-refractivity contribution >= 4 is 5.78 Å². The second-order valence-electron chi connectivity index (χ2n) is 4.16. The second-order valence-corrected chi connectivity index (χ2v) is 4.16. The van der Waals surface area contributed by atoms with Crippen molar-refractivity contribution in [2.75, 3.05) is 7.11 Å². The summed E-state index contributed by atoms with van der Waals surface area (Å²) in [5.74, 6) is -3.25. The van der Waals surface area contributed by atoms with E-state index in [2.05, 4.69) is 0 Å². The summed E-state index contributed by atoms with van der Waals surface area (Å²) in [5.41, 5.74) is 0.0122. The van der Waals surface area contributed by atoms with E-state index in [0.29, 0.717) is 0 Å². The molecule has 2 aromatic rings. The van der Waals surface area contributed by atoms with Gasteiger partial charge in [0.1, 0.15) is 0 Å². The standard InChI is InChI=1S/C15H11F3O2/c1-20-14-6-5-9(7-12(14)17)13(19)8-10-3-2-4-11(16)15(10)18/h2-7H,8H2,1H3. The summed E-state index contributed by atoms with van der Waals surface area (Å²) in [6, 6.07) is 7.30. The third kappa shape index (κ3) is 2.82. The van der Waals surface area contributed by atoms with Crippen molar-refractivity contribution in [2.45, 2.75) is 6.42 Å². The second kappa shape index (κ2) is 5.77. The third-order valence-electron chi connectivity index (χ3n) is 2.86. The van der Waals surface area contributed by atoms with Crippen molar-refractivity contribution in [1.29, 1.82) is 0 Å². The van der Waals surface area contributed by atoms with Crippen LogP contribution >= 0.6 is 0 Å². The maximum absolute atomic E-state index is 13.5. The molecule has 0 aliphatic heterocycles. The Labute approximate surface area is 113 Å². The van der Waals surface area contributed by atoms with E-state index >= 15 is 0 Å². The number of halogens is 3. The van der Waals surface area contributed by atoms with Gasteiger partial charge in [-0.3, -0.25) is 4.79 Å². The Morgan fingerprint density at radius 2 is 1.85 bits per heavy atom. The van der Waals surface area contributed by atoms with Gasteiger partial charge in [0.15, 0.2) is 29.0 Å². The minimum atomic E-state index is -1.06. The van der Waals surface area contributed by atoms with Crippen LogP contribution in [0.15, 0.2) is 36.4 Å². The molecule has 0 heterocycles. The lowest BCUT2D eigenvalue weighted by atomic mass is 10.0. The molecule has 0 fully saturated rings. The number of benzene rings is 2. The Morgan fingerprint density at radius 1 is 1.10 bits per heavy atom. The Balaban J connectivity index is 2.24. The van der Waals surface area contributed by atoms with Crippen LogP contribution in [0.2, 0.25) is 0 Å². The van der Waals surface area contributed by atoms with Gasteiger partial charge in [-0.2, -0.15) is 0 Å². The molecule has 2 rings (SSSR count). The summed E-state index contributed by atoms with van der Waals surface area (Å²) in [4.78, 5) is 11.9. The highest BCUT2D eigenvalue weighted by Crippen LogP contribution is 2.20. The van der Waals surface area contributed by atoms with Crippen LogP contribution in [0, 0.1) is 17.5 Å². The number of carbonyl (C=O) groups excluding carboxylic acids is 1. The number of rotatable bonds is 4. The van der Waals surface area contributed by atoms with Gasteiger partial charge in [-0.1, -0.05) is 12.1 Å². The first kappa shape index (κ1) is 14.1. The molecule has 0 spiro atoms. The molecule has 20 heavy (non-hydrogen) atoms. The Kier molecular flexibility index (Phi) is 4.08. The number of hydrogen-bond donors (Lipinski definition) is 0. The zero-order valence-electron chi connectivity index (χ0n) is 10.6. The predicted molar refractivity (Wildman–Crippen MR) is 67.3 cm³/mol. The van der Waals surface area contributed by atoms with Crippen molar-refractivity contribution in [3.8, 4) is 5.75 Å². The largest absolute Gasteiger partial charge is 0.494 e. The van der Waals surface area contributed by atoms with E-state index in [1.807, 2.05) is 0 Å². The van der Waals surface area contributed by atoms with Crippen molar-refractivity contribution in [2.24, 2.45) is 0 Å². The van der Waals surface area contributed by atoms with Gasteiger partial charge in [-0.05, 0) is 29.8 Å². The molecule has 0 unspecified atom stereocenters. The van der Waals surface area contributed by atoms with E-state index < -0.39 is 23.2 Å². The van der Waals surface area contributed by atoms with E-state index in [1.165, 1.54) is 31.4 Å². The fourth-order valence-electron chi connectivity index (χ4n) is 1.80. The molecule has 2 aromatic carbocycles. The van der Waals surface area contributed by atoms with Gasteiger partial charge in [-0.25, -0.2) is 13.2 Å². The van der Waals surface area contributed by atoms with Crippen molar-refractivity contribution in [3.63, 3.8) is 0 Å². The molecule has 0 bridgehead atoms. The third-order valence-corrected chi connectivity index (χ3v) is 2.86. The molecule has 0 radical (unpaired) electrons. The predicted octanol–water partition coefficient (Wildman–Crippen LogP) is 3.54. The highest BCUT2D eigenvalue weighted by Gasteiger charge is 2.14. The number of carbonyl (C=O) groups is 1. The first-order valence-corrected chi connectivity index (χ1v) is 5.82. The molecule has 0 saturated heterocycles. The summed E-state index contributed by atoms with van der Waals surface area (Å²) in [6.07, 6.45) is -0.338. The minimum Gasteiger partial charge on any atom is -0.494 e. The van der Waals surface area contributed by atoms with E-state index in [9.17, 15) is 18.0 Å². The van der Waals surface area contributed by atoms with Gasteiger partial charge in [0.25, 0.3) is 0 Å². The van der Waals surface area contributed by atoms with Crippen LogP contribution in [0.5, 0.6) is 5.75 Å². The van der Waals surface area contributed by atoms with Crippen LogP contribution in [-0.2, 0) is 6.42 Å². The monoisotopic (exact) mass is 280 g/mol. The molecular weight excluding hydrogens is 269 g/mol. The zero-order valence-corrected chi connectivity index (χ0v) is 10.6. The number of hydrogen-bond acceptors (Lipinski definition) is 2. The molecule has 0 amide bonds. The summed E-state index contributed by atoms with van der Waals surface area (Å²) < 4.78 is 44.7. The van der Waals surface area contributed by atoms with Crippen LogP contribution in [-0.4, -0.2) is 12.9 Å².